The SMILES string of the molecule is CN1CCC(c2cccc3c2n(C)c(=O)n3C2CCC(=O)NC2=O)CC1.N#Cc1cccc(C(=O)Nc2ccc3nn(C4CCCCC4)cc3c2)n1. The molecule has 5 aromatic rings. The number of aromatic nitrogens is 5. The van der Waals surface area contributed by atoms with Crippen LogP contribution in [0.1, 0.15) is 97.5 Å². The lowest BCUT2D eigenvalue weighted by Crippen LogP contribution is -2.44. The molecule has 2 saturated heterocycles. The van der Waals surface area contributed by atoms with Crippen molar-refractivity contribution in [3.05, 3.63) is 88.2 Å². The number of para-hydroxylation sites is 1. The Bertz CT molecular complexity index is 2250. The lowest BCUT2D eigenvalue weighted by Gasteiger charge is -2.29. The summed E-state index contributed by atoms with van der Waals surface area (Å²) in [5.41, 5.74) is 4.74. The molecular formula is C39H43N9O4. The number of hydrogen-bond acceptors (Lipinski definition) is 8. The van der Waals surface area contributed by atoms with Crippen LogP contribution in [0.2, 0.25) is 0 Å². The first-order valence-electron chi connectivity index (χ1n) is 18.1. The molecule has 13 heteroatoms. The molecule has 1 saturated carbocycles. The largest absolute Gasteiger partial charge is 0.329 e. The van der Waals surface area contributed by atoms with Crippen LogP contribution in [-0.2, 0) is 16.6 Å². The van der Waals surface area contributed by atoms with E-state index in [0.29, 0.717) is 24.1 Å². The van der Waals surface area contributed by atoms with Gasteiger partial charge in [-0.25, -0.2) is 9.78 Å². The summed E-state index contributed by atoms with van der Waals surface area (Å²) in [5.74, 6) is -0.577. The van der Waals surface area contributed by atoms with Gasteiger partial charge < -0.3 is 10.2 Å². The number of carbonyl (C=O) groups is 3. The molecule has 1 aliphatic carbocycles. The van der Waals surface area contributed by atoms with Crippen LogP contribution in [0.4, 0.5) is 5.69 Å². The van der Waals surface area contributed by atoms with E-state index >= 15 is 0 Å². The van der Waals surface area contributed by atoms with Crippen LogP contribution in [0.25, 0.3) is 21.9 Å². The first-order chi connectivity index (χ1) is 25.2. The van der Waals surface area contributed by atoms with Crippen LogP contribution < -0.4 is 16.3 Å². The molecule has 3 aromatic heterocycles. The Morgan fingerprint density at radius 2 is 1.71 bits per heavy atom. The van der Waals surface area contributed by atoms with Gasteiger partial charge in [-0.15, -0.1) is 0 Å². The van der Waals surface area contributed by atoms with Gasteiger partial charge >= 0.3 is 5.69 Å². The molecular weight excluding hydrogens is 658 g/mol. The highest BCUT2D eigenvalue weighted by Crippen LogP contribution is 2.34. The Kier molecular flexibility index (Phi) is 10.0. The smallest absolute Gasteiger partial charge is 0.321 e. The van der Waals surface area contributed by atoms with E-state index in [4.69, 9.17) is 10.4 Å². The second kappa shape index (κ2) is 14.9. The maximum Gasteiger partial charge on any atom is 0.329 e. The number of pyridine rings is 1. The summed E-state index contributed by atoms with van der Waals surface area (Å²) < 4.78 is 5.30. The number of nitrogens with zero attached hydrogens (tertiary/aromatic N) is 7. The molecule has 3 fully saturated rings. The van der Waals surface area contributed by atoms with E-state index in [1.807, 2.05) is 36.4 Å². The number of nitriles is 1. The highest BCUT2D eigenvalue weighted by atomic mass is 16.2. The topological polar surface area (TPSA) is 160 Å². The van der Waals surface area contributed by atoms with Crippen LogP contribution in [-0.4, -0.2) is 66.7 Å². The molecule has 0 bridgehead atoms. The van der Waals surface area contributed by atoms with Gasteiger partial charge in [-0.1, -0.05) is 37.5 Å². The molecule has 52 heavy (non-hydrogen) atoms. The molecule has 13 nitrogen and oxygen atoms in total. The lowest BCUT2D eigenvalue weighted by molar-refractivity contribution is -0.135. The fourth-order valence-corrected chi connectivity index (χ4v) is 7.82. The van der Waals surface area contributed by atoms with Gasteiger partial charge in [-0.05, 0) is 100 Å². The van der Waals surface area contributed by atoms with E-state index in [9.17, 15) is 19.2 Å². The van der Waals surface area contributed by atoms with Gasteiger partial charge in [0.2, 0.25) is 11.8 Å². The zero-order valence-corrected chi connectivity index (χ0v) is 29.5. The maximum absolute atomic E-state index is 13.0. The van der Waals surface area contributed by atoms with E-state index in [2.05, 4.69) is 44.5 Å². The van der Waals surface area contributed by atoms with Crippen LogP contribution in [0, 0.1) is 11.3 Å². The van der Waals surface area contributed by atoms with Crippen LogP contribution in [0.15, 0.2) is 65.6 Å². The summed E-state index contributed by atoms with van der Waals surface area (Å²) in [6.45, 7) is 2.09. The van der Waals surface area contributed by atoms with E-state index in [1.54, 1.807) is 34.4 Å². The minimum atomic E-state index is -0.628. The molecule has 8 rings (SSSR count). The average Bonchev–Trinajstić information content (AvgIpc) is 3.70. The highest BCUT2D eigenvalue weighted by molar-refractivity contribution is 6.04. The normalized spacial score (nSPS) is 18.8. The summed E-state index contributed by atoms with van der Waals surface area (Å²) in [5, 5.41) is 19.8. The first kappa shape index (κ1) is 34.8. The molecule has 2 aliphatic heterocycles. The number of anilines is 1. The van der Waals surface area contributed by atoms with E-state index in [-0.39, 0.29) is 41.2 Å². The number of rotatable bonds is 5. The van der Waals surface area contributed by atoms with Gasteiger partial charge in [0, 0.05) is 30.7 Å². The third-order valence-electron chi connectivity index (χ3n) is 10.6. The second-order valence-corrected chi connectivity index (χ2v) is 14.1. The summed E-state index contributed by atoms with van der Waals surface area (Å²) in [4.78, 5) is 55.5. The number of imidazole rings is 1. The zero-order chi connectivity index (χ0) is 36.4. The van der Waals surface area contributed by atoms with Crippen LogP contribution in [0.3, 0.4) is 0 Å². The summed E-state index contributed by atoms with van der Waals surface area (Å²) >= 11 is 0. The quantitative estimate of drug-likeness (QED) is 0.237. The predicted molar refractivity (Wildman–Crippen MR) is 197 cm³/mol. The number of carbonyl (C=O) groups excluding carboxylic acids is 3. The van der Waals surface area contributed by atoms with Crippen molar-refractivity contribution in [2.75, 3.05) is 25.5 Å². The molecule has 1 unspecified atom stereocenters. The van der Waals surface area contributed by atoms with Crippen molar-refractivity contribution in [3.63, 3.8) is 0 Å². The number of amides is 3. The molecule has 0 spiro atoms. The molecule has 2 N–H and O–H groups in total. The van der Waals surface area contributed by atoms with Gasteiger partial charge in [0.25, 0.3) is 5.91 Å². The molecule has 3 aliphatic rings. The van der Waals surface area contributed by atoms with Gasteiger partial charge in [0.05, 0.1) is 22.6 Å². The molecule has 1 atom stereocenters. The predicted octanol–water partition coefficient (Wildman–Crippen LogP) is 5.19. The molecule has 0 radical (unpaired) electrons. The number of nitrogens with one attached hydrogen (secondary N) is 2. The third kappa shape index (κ3) is 7.11. The van der Waals surface area contributed by atoms with Crippen molar-refractivity contribution in [2.45, 2.75) is 75.8 Å². The Labute approximate surface area is 301 Å². The molecule has 268 valence electrons. The summed E-state index contributed by atoms with van der Waals surface area (Å²) in [7, 11) is 3.90. The van der Waals surface area contributed by atoms with Gasteiger partial charge in [-0.2, -0.15) is 10.4 Å². The molecule has 3 amide bonds. The number of likely N-dealkylation sites (tertiary alicyclic amines) is 1. The maximum atomic E-state index is 13.0. The zero-order valence-electron chi connectivity index (χ0n) is 29.5. The highest BCUT2D eigenvalue weighted by Gasteiger charge is 2.32. The van der Waals surface area contributed by atoms with E-state index in [1.165, 1.54) is 37.7 Å². The number of aryl methyl sites for hydroxylation is 1. The van der Waals surface area contributed by atoms with Crippen molar-refractivity contribution in [3.8, 4) is 6.07 Å². The lowest BCUT2D eigenvalue weighted by atomic mass is 9.88. The number of benzene rings is 2. The molecule has 5 heterocycles. The fraction of sp³-hybridized carbons (Fsp3) is 0.410. The van der Waals surface area contributed by atoms with Crippen molar-refractivity contribution >= 4 is 45.3 Å². The van der Waals surface area contributed by atoms with E-state index in [0.717, 1.165) is 47.9 Å². The Morgan fingerprint density at radius 1 is 0.942 bits per heavy atom. The van der Waals surface area contributed by atoms with Crippen LogP contribution >= 0.6 is 0 Å². The standard InChI is InChI=1S/C20H19N5O.C19H24N4O3/c21-12-16-5-4-8-19(22-16)20(26)23-15-9-10-18-14(11-15)13-25(24-18)17-6-2-1-3-7-17;1-21-10-8-12(9-11-21)13-4-3-5-14-17(13)22(2)19(26)23(14)15-6-7-16(24)20-18(15)25/h4-5,8-11,13,17H,1-3,6-7H2,(H,23,26);3-5,12,15H,6-11H2,1-2H3,(H,20,24,25). The van der Waals surface area contributed by atoms with E-state index < -0.39 is 6.04 Å². The first-order valence-corrected chi connectivity index (χ1v) is 18.1. The van der Waals surface area contributed by atoms with Gasteiger partial charge in [0.1, 0.15) is 23.5 Å². The number of imide groups is 1. The third-order valence-corrected chi connectivity index (χ3v) is 10.6. The number of piperidine rings is 2. The summed E-state index contributed by atoms with van der Waals surface area (Å²) in [6.07, 6.45) is 11.0. The van der Waals surface area contributed by atoms with Gasteiger partial charge in [-0.3, -0.25) is 33.5 Å². The number of hydrogen-bond donors (Lipinski definition) is 2. The monoisotopic (exact) mass is 701 g/mol. The fourth-order valence-electron chi connectivity index (χ4n) is 7.82. The summed E-state index contributed by atoms with van der Waals surface area (Å²) in [6, 6.07) is 18.3. The Balaban J connectivity index is 0.000000162. The second-order valence-electron chi connectivity index (χ2n) is 14.1. The average molecular weight is 702 g/mol. The van der Waals surface area contributed by atoms with Crippen LogP contribution in [0.5, 0.6) is 0 Å². The minimum Gasteiger partial charge on any atom is -0.321 e. The van der Waals surface area contributed by atoms with Gasteiger partial charge in [0.15, 0.2) is 0 Å². The molecule has 2 aromatic carbocycles. The van der Waals surface area contributed by atoms with Crippen molar-refractivity contribution < 1.29 is 14.4 Å². The Morgan fingerprint density at radius 3 is 2.46 bits per heavy atom. The number of fused-ring (bicyclic) bond motifs is 2. The minimum absolute atomic E-state index is 0.199. The van der Waals surface area contributed by atoms with Crippen molar-refractivity contribution in [2.24, 2.45) is 7.05 Å². The Hall–Kier alpha value is -5.61. The van der Waals surface area contributed by atoms with Crippen molar-refractivity contribution in [1.82, 2.24) is 34.1 Å². The van der Waals surface area contributed by atoms with Crippen molar-refractivity contribution in [1.29, 1.82) is 5.26 Å².